The molecule has 3 aromatic rings. The maximum atomic E-state index is 15.7. The average Bonchev–Trinajstić information content (AvgIpc) is 3.55. The van der Waals surface area contributed by atoms with Gasteiger partial charge in [-0.15, -0.1) is 13.2 Å². The Labute approximate surface area is 303 Å². The molecule has 2 unspecified atom stereocenters. The van der Waals surface area contributed by atoms with Crippen LogP contribution < -0.4 is 23.8 Å². The largest absolute Gasteiger partial charge is 0.573 e. The number of methoxy groups -OCH3 is 2. The zero-order chi connectivity index (χ0) is 38.2. The van der Waals surface area contributed by atoms with E-state index in [9.17, 15) is 36.3 Å². The van der Waals surface area contributed by atoms with E-state index < -0.39 is 61.0 Å². The predicted molar refractivity (Wildman–Crippen MR) is 183 cm³/mol. The van der Waals surface area contributed by atoms with Crippen LogP contribution in [0.4, 0.5) is 18.9 Å². The number of benzene rings is 3. The molecule has 0 radical (unpaired) electrons. The summed E-state index contributed by atoms with van der Waals surface area (Å²) < 4.78 is 85.4. The molecule has 0 aromatic heterocycles. The quantitative estimate of drug-likeness (QED) is 0.146. The van der Waals surface area contributed by atoms with Crippen LogP contribution in [0.3, 0.4) is 0 Å². The van der Waals surface area contributed by atoms with E-state index in [-0.39, 0.29) is 46.3 Å². The van der Waals surface area contributed by atoms with E-state index in [4.69, 9.17) is 21.1 Å². The van der Waals surface area contributed by atoms with Crippen LogP contribution in [-0.4, -0.2) is 89.5 Å². The Morgan fingerprint density at radius 2 is 1.81 bits per heavy atom. The molecular formula is C35H38ClF3N3O9S+. The van der Waals surface area contributed by atoms with Gasteiger partial charge in [0.05, 0.1) is 38.1 Å². The van der Waals surface area contributed by atoms with E-state index in [1.54, 1.807) is 18.2 Å². The van der Waals surface area contributed by atoms with Crippen molar-refractivity contribution in [1.29, 1.82) is 0 Å². The smallest absolute Gasteiger partial charge is 0.497 e. The SMILES string of the molecule is CNC(=O)[C@@H]1C[C@@H](O)C[N+]1(C)C1(c2cc(CCCCC=O)ccc2OC)C(=O)N(S(=O)(=O)c2ccc(OC)cc2OC(F)(F)F)c2ccc(Cl)cc21. The van der Waals surface area contributed by atoms with E-state index in [1.807, 2.05) is 0 Å². The van der Waals surface area contributed by atoms with Gasteiger partial charge in [-0.3, -0.25) is 14.1 Å². The van der Waals surface area contributed by atoms with Crippen LogP contribution >= 0.6 is 11.6 Å². The molecule has 0 aliphatic carbocycles. The number of hydrogen-bond acceptors (Lipinski definition) is 9. The first-order valence-electron chi connectivity index (χ1n) is 16.2. The molecule has 1 fully saturated rings. The van der Waals surface area contributed by atoms with Gasteiger partial charge >= 0.3 is 12.3 Å². The standard InChI is InChI=1S/C35H37ClF3N3O9S/c1-40-32(45)28-18-23(44)20-42(28,2)34(26-16-21(8-6-5-7-15-43)9-13-29(26)50-4)25-17-22(36)10-12-27(25)41(33(34)46)52(47,48)31-14-11-24(49-3)19-30(31)51-35(37,38)39/h9-17,19,23,28,44H,5-8,18,20H2,1-4H3/p+1/t23-,28+,34?,42?/m1/s1. The van der Waals surface area contributed by atoms with Crippen LogP contribution in [0, 0.1) is 0 Å². The van der Waals surface area contributed by atoms with E-state index in [0.29, 0.717) is 35.6 Å². The predicted octanol–water partition coefficient (Wildman–Crippen LogP) is 4.47. The van der Waals surface area contributed by atoms with Gasteiger partial charge in [-0.2, -0.15) is 4.31 Å². The number of likely N-dealkylation sites (tertiary alicyclic amines) is 1. The first-order valence-corrected chi connectivity index (χ1v) is 18.0. The number of aliphatic hydroxyl groups excluding tert-OH is 1. The number of halogens is 4. The van der Waals surface area contributed by atoms with Gasteiger partial charge in [0, 0.05) is 31.0 Å². The third-order valence-electron chi connectivity index (χ3n) is 9.74. The second kappa shape index (κ2) is 14.6. The number of unbranched alkanes of at least 4 members (excludes halogenated alkanes) is 2. The van der Waals surface area contributed by atoms with Crippen molar-refractivity contribution < 1.29 is 59.8 Å². The van der Waals surface area contributed by atoms with Gasteiger partial charge < -0.3 is 29.4 Å². The Balaban J connectivity index is 1.88. The van der Waals surface area contributed by atoms with Gasteiger partial charge in [0.15, 0.2) is 11.8 Å². The monoisotopic (exact) mass is 768 g/mol. The van der Waals surface area contributed by atoms with Crippen molar-refractivity contribution in [1.82, 2.24) is 5.32 Å². The van der Waals surface area contributed by atoms with E-state index in [1.165, 1.54) is 46.5 Å². The van der Waals surface area contributed by atoms with Crippen molar-refractivity contribution in [3.8, 4) is 17.2 Å². The first kappa shape index (κ1) is 38.8. The topological polar surface area (TPSA) is 149 Å². The number of likely N-dealkylation sites (N-methyl/N-ethyl adjacent to an activating group) is 2. The lowest BCUT2D eigenvalue weighted by Gasteiger charge is -2.48. The lowest BCUT2D eigenvalue weighted by Crippen LogP contribution is -2.69. The van der Waals surface area contributed by atoms with E-state index in [2.05, 4.69) is 10.1 Å². The number of carbonyl (C=O) groups excluding carboxylic acids is 3. The Morgan fingerprint density at radius 1 is 1.08 bits per heavy atom. The summed E-state index contributed by atoms with van der Waals surface area (Å²) in [5, 5.41) is 13.8. The molecule has 2 heterocycles. The zero-order valence-corrected chi connectivity index (χ0v) is 30.3. The summed E-state index contributed by atoms with van der Waals surface area (Å²) in [5.41, 5.74) is -1.65. The number of aldehydes is 1. The molecule has 17 heteroatoms. The molecule has 4 atom stereocenters. The number of fused-ring (bicyclic) bond motifs is 1. The maximum Gasteiger partial charge on any atom is 0.573 e. The highest BCUT2D eigenvalue weighted by atomic mass is 35.5. The van der Waals surface area contributed by atoms with Crippen molar-refractivity contribution in [3.05, 3.63) is 76.3 Å². The fourth-order valence-electron chi connectivity index (χ4n) is 7.53. The molecule has 280 valence electrons. The molecule has 12 nitrogen and oxygen atoms in total. The van der Waals surface area contributed by atoms with E-state index >= 15 is 4.79 Å². The number of hydrogen-bond donors (Lipinski definition) is 2. The van der Waals surface area contributed by atoms with Gasteiger partial charge in [-0.25, -0.2) is 8.42 Å². The van der Waals surface area contributed by atoms with Crippen LogP contribution in [0.1, 0.15) is 42.4 Å². The fraction of sp³-hybridized carbons (Fsp3) is 0.400. The summed E-state index contributed by atoms with van der Waals surface area (Å²) in [6, 6.07) is 10.5. The maximum absolute atomic E-state index is 15.7. The number of aliphatic hydroxyl groups is 1. The Kier molecular flexibility index (Phi) is 10.9. The summed E-state index contributed by atoms with van der Waals surface area (Å²) in [6.45, 7) is -0.235. The molecule has 2 aliphatic rings. The van der Waals surface area contributed by atoms with Crippen molar-refractivity contribution in [2.75, 3.05) is 39.2 Å². The molecule has 5 rings (SSSR count). The highest BCUT2D eigenvalue weighted by Crippen LogP contribution is 2.58. The molecule has 0 saturated carbocycles. The van der Waals surface area contributed by atoms with Gasteiger partial charge in [0.2, 0.25) is 5.54 Å². The number of alkyl halides is 3. The summed E-state index contributed by atoms with van der Waals surface area (Å²) in [6.07, 6.45) is -3.86. The number of ether oxygens (including phenoxy) is 3. The van der Waals surface area contributed by atoms with Crippen LogP contribution in [-0.2, 0) is 36.4 Å². The molecule has 0 bridgehead atoms. The van der Waals surface area contributed by atoms with Crippen molar-refractivity contribution in [2.45, 2.75) is 61.0 Å². The van der Waals surface area contributed by atoms with Crippen molar-refractivity contribution in [2.24, 2.45) is 0 Å². The third kappa shape index (κ3) is 6.57. The van der Waals surface area contributed by atoms with Gasteiger partial charge in [0.25, 0.3) is 15.9 Å². The molecule has 2 amide bonds. The van der Waals surface area contributed by atoms with Crippen molar-refractivity contribution >= 4 is 45.4 Å². The number of aryl methyl sites for hydroxylation is 1. The Morgan fingerprint density at radius 3 is 2.44 bits per heavy atom. The number of carbonyl (C=O) groups is 3. The summed E-state index contributed by atoms with van der Waals surface area (Å²) in [7, 11) is 0.161. The number of nitrogens with zero attached hydrogens (tertiary/aromatic N) is 2. The number of amides is 2. The Bertz CT molecular complexity index is 2000. The minimum absolute atomic E-state index is 0.00212. The fourth-order valence-corrected chi connectivity index (χ4v) is 9.26. The number of sulfonamides is 1. The number of rotatable bonds is 13. The van der Waals surface area contributed by atoms with Gasteiger partial charge in [-0.1, -0.05) is 17.7 Å². The molecule has 52 heavy (non-hydrogen) atoms. The summed E-state index contributed by atoms with van der Waals surface area (Å²) >= 11 is 6.57. The highest BCUT2D eigenvalue weighted by molar-refractivity contribution is 7.93. The second-order valence-corrected chi connectivity index (χ2v) is 14.9. The highest BCUT2D eigenvalue weighted by Gasteiger charge is 2.72. The van der Waals surface area contributed by atoms with E-state index in [0.717, 1.165) is 24.5 Å². The zero-order valence-electron chi connectivity index (χ0n) is 28.7. The summed E-state index contributed by atoms with van der Waals surface area (Å²) in [4.78, 5) is 39.3. The van der Waals surface area contributed by atoms with Crippen LogP contribution in [0.25, 0.3) is 0 Å². The first-order chi connectivity index (χ1) is 24.5. The summed E-state index contributed by atoms with van der Waals surface area (Å²) in [5.74, 6) is -2.91. The molecule has 2 aliphatic heterocycles. The van der Waals surface area contributed by atoms with Crippen LogP contribution in [0.2, 0.25) is 5.02 Å². The average molecular weight is 769 g/mol. The van der Waals surface area contributed by atoms with Crippen LogP contribution in [0.5, 0.6) is 17.2 Å². The molecule has 0 spiro atoms. The minimum Gasteiger partial charge on any atom is -0.497 e. The van der Waals surface area contributed by atoms with Crippen molar-refractivity contribution in [3.63, 3.8) is 0 Å². The molecule has 3 aromatic carbocycles. The molecule has 1 saturated heterocycles. The number of anilines is 1. The molecular weight excluding hydrogens is 731 g/mol. The third-order valence-corrected chi connectivity index (χ3v) is 11.7. The van der Waals surface area contributed by atoms with Gasteiger partial charge in [-0.05, 0) is 67.3 Å². The second-order valence-electron chi connectivity index (χ2n) is 12.7. The minimum atomic E-state index is -5.33. The lowest BCUT2D eigenvalue weighted by molar-refractivity contribution is -0.953. The van der Waals surface area contributed by atoms with Crippen LogP contribution in [0.15, 0.2) is 59.5 Å². The normalized spacial score (nSPS) is 22.9. The van der Waals surface area contributed by atoms with Gasteiger partial charge in [0.1, 0.15) is 35.3 Å². The Hall–Kier alpha value is -4.38. The number of quaternary nitrogens is 1. The number of nitrogens with one attached hydrogen (secondary N) is 1. The molecule has 2 N–H and O–H groups in total. The lowest BCUT2D eigenvalue weighted by atomic mass is 9.78.